The van der Waals surface area contributed by atoms with Gasteiger partial charge in [0.25, 0.3) is 0 Å². The fraction of sp³-hybridized carbons (Fsp3) is 0.917. The topological polar surface area (TPSA) is 43.1 Å². The number of carbonyl (C=O) groups is 1. The molecule has 0 saturated heterocycles. The maximum absolute atomic E-state index is 10.9. The number of hydrogen-bond acceptors (Lipinski definition) is 1. The molecule has 0 aromatic heterocycles. The third-order valence-electron chi connectivity index (χ3n) is 2.80. The van der Waals surface area contributed by atoms with E-state index in [9.17, 15) is 4.79 Å². The lowest BCUT2D eigenvalue weighted by atomic mass is 9.97. The van der Waals surface area contributed by atoms with Crippen molar-refractivity contribution in [1.82, 2.24) is 0 Å². The van der Waals surface area contributed by atoms with E-state index in [4.69, 9.17) is 5.73 Å². The molecule has 2 nitrogen and oxygen atoms in total. The van der Waals surface area contributed by atoms with Gasteiger partial charge in [0.05, 0.1) is 0 Å². The van der Waals surface area contributed by atoms with Gasteiger partial charge in [-0.1, -0.05) is 52.4 Å². The van der Waals surface area contributed by atoms with Gasteiger partial charge in [0.15, 0.2) is 0 Å². The van der Waals surface area contributed by atoms with Crippen molar-refractivity contribution in [2.75, 3.05) is 0 Å². The second-order valence-corrected chi connectivity index (χ2v) is 4.06. The van der Waals surface area contributed by atoms with Gasteiger partial charge in [-0.3, -0.25) is 4.79 Å². The largest absolute Gasteiger partial charge is 0.369 e. The van der Waals surface area contributed by atoms with E-state index in [0.29, 0.717) is 0 Å². The normalized spacial score (nSPS) is 12.7. The van der Waals surface area contributed by atoms with Crippen molar-refractivity contribution in [3.63, 3.8) is 0 Å². The summed E-state index contributed by atoms with van der Waals surface area (Å²) in [6.45, 7) is 4.26. The molecule has 0 heterocycles. The van der Waals surface area contributed by atoms with Gasteiger partial charge >= 0.3 is 0 Å². The Kier molecular flexibility index (Phi) is 8.70. The van der Waals surface area contributed by atoms with Gasteiger partial charge in [0.1, 0.15) is 0 Å². The Morgan fingerprint density at radius 1 is 1.07 bits per heavy atom. The fourth-order valence-electron chi connectivity index (χ4n) is 1.72. The van der Waals surface area contributed by atoms with Crippen LogP contribution in [-0.2, 0) is 4.79 Å². The number of amides is 1. The highest BCUT2D eigenvalue weighted by molar-refractivity contribution is 5.76. The molecule has 14 heavy (non-hydrogen) atoms. The summed E-state index contributed by atoms with van der Waals surface area (Å²) in [7, 11) is 0. The lowest BCUT2D eigenvalue weighted by Gasteiger charge is -2.09. The number of nitrogens with two attached hydrogens (primary N) is 1. The fourth-order valence-corrected chi connectivity index (χ4v) is 1.72. The quantitative estimate of drug-likeness (QED) is 0.569. The highest BCUT2D eigenvalue weighted by Crippen LogP contribution is 2.14. The van der Waals surface area contributed by atoms with E-state index in [1.807, 2.05) is 6.92 Å². The standard InChI is InChI=1S/C12H25NO/c1-3-5-6-7-8-9-10-11(4-2)12(13)14/h11H,3-10H2,1-2H3,(H2,13,14). The minimum Gasteiger partial charge on any atom is -0.369 e. The molecule has 0 aromatic carbocycles. The molecule has 1 amide bonds. The molecule has 0 fully saturated rings. The van der Waals surface area contributed by atoms with Crippen LogP contribution in [0.2, 0.25) is 0 Å². The minimum atomic E-state index is -0.124. The number of unbranched alkanes of at least 4 members (excludes halogenated alkanes) is 5. The second-order valence-electron chi connectivity index (χ2n) is 4.06. The molecule has 0 saturated carbocycles. The number of rotatable bonds is 9. The highest BCUT2D eigenvalue weighted by atomic mass is 16.1. The van der Waals surface area contributed by atoms with Crippen molar-refractivity contribution in [3.8, 4) is 0 Å². The van der Waals surface area contributed by atoms with Crippen LogP contribution < -0.4 is 5.73 Å². The predicted molar refractivity (Wildman–Crippen MR) is 61.0 cm³/mol. The van der Waals surface area contributed by atoms with Crippen molar-refractivity contribution >= 4 is 5.91 Å². The van der Waals surface area contributed by atoms with Crippen LogP contribution in [0.3, 0.4) is 0 Å². The first-order chi connectivity index (χ1) is 6.72. The van der Waals surface area contributed by atoms with Crippen molar-refractivity contribution in [2.24, 2.45) is 11.7 Å². The van der Waals surface area contributed by atoms with Crippen LogP contribution in [-0.4, -0.2) is 5.91 Å². The van der Waals surface area contributed by atoms with Gasteiger partial charge in [-0.25, -0.2) is 0 Å². The molecular weight excluding hydrogens is 174 g/mol. The van der Waals surface area contributed by atoms with E-state index < -0.39 is 0 Å². The molecular formula is C12H25NO. The molecule has 2 N–H and O–H groups in total. The Labute approximate surface area is 88.3 Å². The summed E-state index contributed by atoms with van der Waals surface area (Å²) in [6.07, 6.45) is 9.57. The highest BCUT2D eigenvalue weighted by Gasteiger charge is 2.11. The molecule has 0 spiro atoms. The van der Waals surface area contributed by atoms with Crippen LogP contribution >= 0.6 is 0 Å². The molecule has 0 aliphatic carbocycles. The van der Waals surface area contributed by atoms with Crippen molar-refractivity contribution in [3.05, 3.63) is 0 Å². The van der Waals surface area contributed by atoms with Gasteiger partial charge in [0, 0.05) is 5.92 Å². The van der Waals surface area contributed by atoms with E-state index in [1.165, 1.54) is 32.1 Å². The molecule has 0 aromatic rings. The van der Waals surface area contributed by atoms with Gasteiger partial charge in [-0.2, -0.15) is 0 Å². The molecule has 0 aliphatic rings. The Morgan fingerprint density at radius 3 is 2.14 bits per heavy atom. The Hall–Kier alpha value is -0.530. The van der Waals surface area contributed by atoms with Gasteiger partial charge in [-0.15, -0.1) is 0 Å². The monoisotopic (exact) mass is 199 g/mol. The smallest absolute Gasteiger partial charge is 0.220 e. The molecule has 0 aliphatic heterocycles. The zero-order valence-electron chi connectivity index (χ0n) is 9.72. The summed E-state index contributed by atoms with van der Waals surface area (Å²) >= 11 is 0. The van der Waals surface area contributed by atoms with Crippen LogP contribution in [0.4, 0.5) is 0 Å². The zero-order chi connectivity index (χ0) is 10.8. The number of primary amides is 1. The molecule has 0 rings (SSSR count). The Bertz CT molecular complexity index is 145. The summed E-state index contributed by atoms with van der Waals surface area (Å²) in [5.41, 5.74) is 5.27. The average molecular weight is 199 g/mol. The lowest BCUT2D eigenvalue weighted by Crippen LogP contribution is -2.22. The zero-order valence-corrected chi connectivity index (χ0v) is 9.72. The molecule has 1 atom stereocenters. The Balaban J connectivity index is 3.29. The molecule has 84 valence electrons. The van der Waals surface area contributed by atoms with Crippen molar-refractivity contribution in [2.45, 2.75) is 65.2 Å². The van der Waals surface area contributed by atoms with Gasteiger partial charge in [0.2, 0.25) is 5.91 Å². The van der Waals surface area contributed by atoms with Crippen LogP contribution in [0, 0.1) is 5.92 Å². The first-order valence-electron chi connectivity index (χ1n) is 6.01. The van der Waals surface area contributed by atoms with Crippen molar-refractivity contribution in [1.29, 1.82) is 0 Å². The van der Waals surface area contributed by atoms with Crippen LogP contribution in [0.5, 0.6) is 0 Å². The van der Waals surface area contributed by atoms with E-state index in [2.05, 4.69) is 6.92 Å². The summed E-state index contributed by atoms with van der Waals surface area (Å²) in [5.74, 6) is -0.0118. The van der Waals surface area contributed by atoms with E-state index in [0.717, 1.165) is 19.3 Å². The molecule has 2 heteroatoms. The van der Waals surface area contributed by atoms with Crippen molar-refractivity contribution < 1.29 is 4.79 Å². The third kappa shape index (κ3) is 6.93. The van der Waals surface area contributed by atoms with E-state index >= 15 is 0 Å². The molecule has 1 unspecified atom stereocenters. The number of hydrogen-bond donors (Lipinski definition) is 1. The molecule has 0 radical (unpaired) electrons. The third-order valence-corrected chi connectivity index (χ3v) is 2.80. The van der Waals surface area contributed by atoms with E-state index in [1.54, 1.807) is 0 Å². The maximum atomic E-state index is 10.9. The first-order valence-corrected chi connectivity index (χ1v) is 6.01. The molecule has 0 bridgehead atoms. The first kappa shape index (κ1) is 13.5. The maximum Gasteiger partial charge on any atom is 0.220 e. The number of carbonyl (C=O) groups excluding carboxylic acids is 1. The van der Waals surface area contributed by atoms with Crippen LogP contribution in [0.25, 0.3) is 0 Å². The lowest BCUT2D eigenvalue weighted by molar-refractivity contribution is -0.122. The summed E-state index contributed by atoms with van der Waals surface area (Å²) < 4.78 is 0. The SMILES string of the molecule is CCCCCCCCC(CC)C(N)=O. The van der Waals surface area contributed by atoms with Crippen LogP contribution in [0.15, 0.2) is 0 Å². The minimum absolute atomic E-state index is 0.112. The summed E-state index contributed by atoms with van der Waals surface area (Å²) in [4.78, 5) is 10.9. The second kappa shape index (κ2) is 9.04. The predicted octanol–water partition coefficient (Wildman–Crippen LogP) is 3.25. The van der Waals surface area contributed by atoms with Gasteiger partial charge < -0.3 is 5.73 Å². The average Bonchev–Trinajstić information content (AvgIpc) is 2.16. The summed E-state index contributed by atoms with van der Waals surface area (Å²) in [5, 5.41) is 0. The Morgan fingerprint density at radius 2 is 1.64 bits per heavy atom. The summed E-state index contributed by atoms with van der Waals surface area (Å²) in [6, 6.07) is 0. The van der Waals surface area contributed by atoms with E-state index in [-0.39, 0.29) is 11.8 Å². The van der Waals surface area contributed by atoms with Crippen LogP contribution in [0.1, 0.15) is 65.2 Å². The van der Waals surface area contributed by atoms with Gasteiger partial charge in [-0.05, 0) is 12.8 Å².